The van der Waals surface area contributed by atoms with Crippen molar-refractivity contribution < 1.29 is 4.74 Å². The van der Waals surface area contributed by atoms with Crippen molar-refractivity contribution in [2.24, 2.45) is 5.41 Å². The van der Waals surface area contributed by atoms with Crippen LogP contribution in [0.15, 0.2) is 23.0 Å². The van der Waals surface area contributed by atoms with Gasteiger partial charge < -0.3 is 9.64 Å². The van der Waals surface area contributed by atoms with Gasteiger partial charge >= 0.3 is 0 Å². The minimum atomic E-state index is 0.220. The number of nitrogens with zero attached hydrogens (tertiary/aromatic N) is 4. The summed E-state index contributed by atoms with van der Waals surface area (Å²) in [4.78, 5) is 6.43. The Balaban J connectivity index is 1.48. The average molecular weight is 351 g/mol. The number of likely N-dealkylation sites (tertiary alicyclic amines) is 1. The summed E-state index contributed by atoms with van der Waals surface area (Å²) >= 11 is 3.48. The van der Waals surface area contributed by atoms with E-state index in [1.807, 2.05) is 16.8 Å². The van der Waals surface area contributed by atoms with Gasteiger partial charge in [-0.25, -0.2) is 0 Å². The zero-order valence-corrected chi connectivity index (χ0v) is 14.8. The van der Waals surface area contributed by atoms with Crippen LogP contribution in [0.1, 0.15) is 17.7 Å². The van der Waals surface area contributed by atoms with Crippen LogP contribution >= 0.6 is 22.7 Å². The molecule has 1 spiro atoms. The molecular formula is C16H22N4OS2. The van der Waals surface area contributed by atoms with Gasteiger partial charge in [0.2, 0.25) is 5.13 Å². The Bertz CT molecular complexity index is 604. The quantitative estimate of drug-likeness (QED) is 0.851. The first kappa shape index (κ1) is 15.5. The van der Waals surface area contributed by atoms with E-state index in [0.29, 0.717) is 0 Å². The van der Waals surface area contributed by atoms with Crippen LogP contribution in [0.2, 0.25) is 0 Å². The summed E-state index contributed by atoms with van der Waals surface area (Å²) in [6, 6.07) is 4.38. The molecule has 1 atom stereocenters. The highest BCUT2D eigenvalue weighted by Gasteiger charge is 2.39. The minimum absolute atomic E-state index is 0.220. The Morgan fingerprint density at radius 1 is 1.26 bits per heavy atom. The van der Waals surface area contributed by atoms with Gasteiger partial charge in [-0.15, -0.1) is 21.5 Å². The summed E-state index contributed by atoms with van der Waals surface area (Å²) in [6.07, 6.45) is 2.49. The molecule has 0 amide bonds. The lowest BCUT2D eigenvalue weighted by Gasteiger charge is -2.43. The van der Waals surface area contributed by atoms with Crippen molar-refractivity contribution in [3.8, 4) is 0 Å². The first-order chi connectivity index (χ1) is 11.3. The number of ether oxygens (including phenoxy) is 1. The molecule has 0 unspecified atom stereocenters. The molecule has 4 heterocycles. The highest BCUT2D eigenvalue weighted by molar-refractivity contribution is 7.13. The fourth-order valence-electron chi connectivity index (χ4n) is 3.78. The van der Waals surface area contributed by atoms with Crippen molar-refractivity contribution in [1.29, 1.82) is 0 Å². The van der Waals surface area contributed by atoms with E-state index in [1.165, 1.54) is 24.3 Å². The lowest BCUT2D eigenvalue weighted by Crippen LogP contribution is -2.50. The fraction of sp³-hybridized carbons (Fsp3) is 0.625. The number of anilines is 1. The molecule has 0 N–H and O–H groups in total. The van der Waals surface area contributed by atoms with Crippen LogP contribution in [-0.2, 0) is 11.3 Å². The second kappa shape index (κ2) is 6.84. The molecule has 4 rings (SSSR count). The summed E-state index contributed by atoms with van der Waals surface area (Å²) < 4.78 is 5.99. The zero-order valence-electron chi connectivity index (χ0n) is 13.2. The molecular weight excluding hydrogens is 328 g/mol. The maximum Gasteiger partial charge on any atom is 0.208 e. The molecule has 2 saturated heterocycles. The van der Waals surface area contributed by atoms with E-state index in [2.05, 4.69) is 37.5 Å². The lowest BCUT2D eigenvalue weighted by molar-refractivity contribution is 0.0110. The summed E-state index contributed by atoms with van der Waals surface area (Å²) in [7, 11) is 0. The van der Waals surface area contributed by atoms with Crippen LogP contribution in [-0.4, -0.2) is 54.5 Å². The van der Waals surface area contributed by atoms with E-state index in [0.717, 1.165) is 44.5 Å². The number of hydrogen-bond donors (Lipinski definition) is 0. The van der Waals surface area contributed by atoms with Crippen molar-refractivity contribution in [2.45, 2.75) is 19.4 Å². The number of thiophene rings is 1. The maximum absolute atomic E-state index is 5.99. The summed E-state index contributed by atoms with van der Waals surface area (Å²) in [5.41, 5.74) is 2.04. The van der Waals surface area contributed by atoms with Gasteiger partial charge in [-0.05, 0) is 30.8 Å². The van der Waals surface area contributed by atoms with E-state index in [4.69, 9.17) is 4.74 Å². The topological polar surface area (TPSA) is 41.5 Å². The predicted octanol–water partition coefficient (Wildman–Crippen LogP) is 2.72. The highest BCUT2D eigenvalue weighted by Crippen LogP contribution is 2.35. The van der Waals surface area contributed by atoms with Crippen molar-refractivity contribution in [3.63, 3.8) is 0 Å². The zero-order chi connectivity index (χ0) is 15.5. The van der Waals surface area contributed by atoms with Gasteiger partial charge in [-0.2, -0.15) is 0 Å². The van der Waals surface area contributed by atoms with Crippen molar-refractivity contribution >= 4 is 27.8 Å². The first-order valence-electron chi connectivity index (χ1n) is 8.17. The van der Waals surface area contributed by atoms with Crippen molar-refractivity contribution in [3.05, 3.63) is 27.9 Å². The molecule has 124 valence electrons. The molecule has 5 nitrogen and oxygen atoms in total. The summed E-state index contributed by atoms with van der Waals surface area (Å²) in [5, 5.41) is 11.5. The molecule has 2 aliphatic rings. The predicted molar refractivity (Wildman–Crippen MR) is 94.2 cm³/mol. The second-order valence-electron chi connectivity index (χ2n) is 6.59. The van der Waals surface area contributed by atoms with E-state index in [-0.39, 0.29) is 5.41 Å². The number of rotatable bonds is 3. The van der Waals surface area contributed by atoms with Crippen molar-refractivity contribution in [1.82, 2.24) is 15.1 Å². The molecule has 0 aliphatic carbocycles. The Labute approximate surface area is 144 Å². The molecule has 0 radical (unpaired) electrons. The Kier molecular flexibility index (Phi) is 4.61. The molecule has 0 saturated carbocycles. The summed E-state index contributed by atoms with van der Waals surface area (Å²) in [6.45, 7) is 6.97. The maximum atomic E-state index is 5.99. The molecule has 23 heavy (non-hydrogen) atoms. The van der Waals surface area contributed by atoms with Crippen LogP contribution in [0.25, 0.3) is 0 Å². The summed E-state index contributed by atoms with van der Waals surface area (Å²) in [5.74, 6) is 0. The normalized spacial score (nSPS) is 26.5. The second-order valence-corrected chi connectivity index (χ2v) is 8.43. The molecule has 7 heteroatoms. The fourth-order valence-corrected chi connectivity index (χ4v) is 5.11. The van der Waals surface area contributed by atoms with Gasteiger partial charge in [0.15, 0.2) is 0 Å². The van der Waals surface area contributed by atoms with Crippen LogP contribution < -0.4 is 4.90 Å². The number of piperidine rings is 1. The van der Waals surface area contributed by atoms with Crippen LogP contribution in [0.4, 0.5) is 5.13 Å². The van der Waals surface area contributed by atoms with Gasteiger partial charge in [0.05, 0.1) is 13.2 Å². The third-order valence-corrected chi connectivity index (χ3v) is 6.37. The monoisotopic (exact) mass is 350 g/mol. The molecule has 2 aromatic heterocycles. The van der Waals surface area contributed by atoms with Gasteiger partial charge in [-0.1, -0.05) is 17.4 Å². The first-order valence-corrected chi connectivity index (χ1v) is 9.93. The molecule has 2 fully saturated rings. The van der Waals surface area contributed by atoms with Crippen LogP contribution in [0.3, 0.4) is 0 Å². The van der Waals surface area contributed by atoms with E-state index >= 15 is 0 Å². The lowest BCUT2D eigenvalue weighted by atomic mass is 9.80. The van der Waals surface area contributed by atoms with Gasteiger partial charge in [0.1, 0.15) is 5.51 Å². The van der Waals surface area contributed by atoms with E-state index in [1.54, 1.807) is 11.3 Å². The Morgan fingerprint density at radius 2 is 2.26 bits per heavy atom. The highest BCUT2D eigenvalue weighted by atomic mass is 32.1. The Hall–Kier alpha value is -1.02. The molecule has 2 aliphatic heterocycles. The van der Waals surface area contributed by atoms with E-state index < -0.39 is 0 Å². The molecule has 0 bridgehead atoms. The van der Waals surface area contributed by atoms with E-state index in [9.17, 15) is 0 Å². The number of hydrogen-bond acceptors (Lipinski definition) is 7. The smallest absolute Gasteiger partial charge is 0.208 e. The van der Waals surface area contributed by atoms with Gasteiger partial charge in [-0.3, -0.25) is 4.90 Å². The minimum Gasteiger partial charge on any atom is -0.379 e. The van der Waals surface area contributed by atoms with Crippen LogP contribution in [0.5, 0.6) is 0 Å². The molecule has 0 aromatic carbocycles. The SMILES string of the molecule is c1csc(CN2CCC[C@]3(COCCN(c4nncs4)C3)C2)c1. The standard InChI is InChI=1S/C16H22N4OS2/c1-3-14(22-8-1)9-19-5-2-4-16(10-19)11-20(6-7-21-12-16)15-18-17-13-23-15/h1,3,8,13H,2,4-7,9-12H2/t16-/m0/s1. The number of aromatic nitrogens is 2. The molecule has 2 aromatic rings. The van der Waals surface area contributed by atoms with Gasteiger partial charge in [0, 0.05) is 36.5 Å². The van der Waals surface area contributed by atoms with Crippen LogP contribution in [0, 0.1) is 5.41 Å². The third-order valence-electron chi connectivity index (χ3n) is 4.76. The third kappa shape index (κ3) is 3.57. The largest absolute Gasteiger partial charge is 0.379 e. The Morgan fingerprint density at radius 3 is 3.09 bits per heavy atom. The average Bonchev–Trinajstić information content (AvgIpc) is 3.22. The van der Waals surface area contributed by atoms with Gasteiger partial charge in [0.25, 0.3) is 0 Å². The van der Waals surface area contributed by atoms with Crippen molar-refractivity contribution in [2.75, 3.05) is 44.3 Å².